The van der Waals surface area contributed by atoms with Crippen molar-refractivity contribution in [1.29, 1.82) is 0 Å². The summed E-state index contributed by atoms with van der Waals surface area (Å²) in [5.41, 5.74) is 6.79. The number of piperidine rings is 1. The molecule has 1 saturated heterocycles. The maximum Gasteiger partial charge on any atom is 0.224 e. The number of hydrogen-bond donors (Lipinski definition) is 1. The number of amides is 1. The molecule has 0 bridgehead atoms. The first-order valence-corrected chi connectivity index (χ1v) is 6.45. The average Bonchev–Trinajstić information content (AvgIpc) is 2.40. The summed E-state index contributed by atoms with van der Waals surface area (Å²) in [5, 5.41) is 0. The van der Waals surface area contributed by atoms with Crippen molar-refractivity contribution in [3.05, 3.63) is 35.6 Å². The number of rotatable bonds is 3. The van der Waals surface area contributed by atoms with Crippen LogP contribution in [0.2, 0.25) is 0 Å². The molecule has 1 aromatic rings. The molecule has 2 N–H and O–H groups in total. The summed E-state index contributed by atoms with van der Waals surface area (Å²) in [7, 11) is 0. The number of hydrogen-bond acceptors (Lipinski definition) is 2. The highest BCUT2D eigenvalue weighted by atomic mass is 19.1. The molecule has 4 heteroatoms. The summed E-state index contributed by atoms with van der Waals surface area (Å²) in [6.45, 7) is 1.68. The predicted molar refractivity (Wildman–Crippen MR) is 68.4 cm³/mol. The molecular weight excluding hydrogens is 231 g/mol. The Labute approximate surface area is 107 Å². The van der Waals surface area contributed by atoms with E-state index in [0.717, 1.165) is 31.5 Å². The van der Waals surface area contributed by atoms with Crippen LogP contribution in [0, 0.1) is 5.82 Å². The van der Waals surface area contributed by atoms with Crippen molar-refractivity contribution in [2.24, 2.45) is 5.73 Å². The quantitative estimate of drug-likeness (QED) is 0.894. The van der Waals surface area contributed by atoms with Crippen LogP contribution >= 0.6 is 0 Å². The van der Waals surface area contributed by atoms with E-state index in [0.29, 0.717) is 6.42 Å². The lowest BCUT2D eigenvalue weighted by molar-refractivity contribution is -0.132. The van der Waals surface area contributed by atoms with Crippen molar-refractivity contribution < 1.29 is 9.18 Å². The number of nitrogens with zero attached hydrogens (tertiary/aromatic N) is 1. The molecule has 0 saturated carbocycles. The van der Waals surface area contributed by atoms with Crippen molar-refractivity contribution >= 4 is 5.91 Å². The summed E-state index contributed by atoms with van der Waals surface area (Å²) < 4.78 is 12.8. The predicted octanol–water partition coefficient (Wildman–Crippen LogP) is 2.23. The standard InChI is InChI=1S/C14H19FN2O/c15-12-6-4-11(5-7-12)13(16)10-14(18)17-8-2-1-3-9-17/h4-7,13H,1-3,8-10,16H2. The molecule has 1 fully saturated rings. The topological polar surface area (TPSA) is 46.3 Å². The van der Waals surface area contributed by atoms with Gasteiger partial charge in [0.05, 0.1) is 0 Å². The molecule has 2 rings (SSSR count). The van der Waals surface area contributed by atoms with Crippen LogP contribution in [-0.2, 0) is 4.79 Å². The number of carbonyl (C=O) groups is 1. The number of halogens is 1. The molecule has 1 heterocycles. The molecule has 1 amide bonds. The van der Waals surface area contributed by atoms with Gasteiger partial charge in [0.2, 0.25) is 5.91 Å². The van der Waals surface area contributed by atoms with Gasteiger partial charge in [-0.1, -0.05) is 12.1 Å². The number of carbonyl (C=O) groups excluding carboxylic acids is 1. The van der Waals surface area contributed by atoms with Crippen molar-refractivity contribution in [3.63, 3.8) is 0 Å². The van der Waals surface area contributed by atoms with Crippen LogP contribution in [-0.4, -0.2) is 23.9 Å². The zero-order valence-electron chi connectivity index (χ0n) is 10.4. The van der Waals surface area contributed by atoms with Gasteiger partial charge in [-0.05, 0) is 37.0 Å². The van der Waals surface area contributed by atoms with Gasteiger partial charge >= 0.3 is 0 Å². The zero-order valence-corrected chi connectivity index (χ0v) is 10.4. The summed E-state index contributed by atoms with van der Waals surface area (Å²) in [6.07, 6.45) is 3.66. The summed E-state index contributed by atoms with van der Waals surface area (Å²) in [6, 6.07) is 5.69. The van der Waals surface area contributed by atoms with Crippen LogP contribution < -0.4 is 5.73 Å². The Morgan fingerprint density at radius 1 is 1.22 bits per heavy atom. The van der Waals surface area contributed by atoms with E-state index >= 15 is 0 Å². The summed E-state index contributed by atoms with van der Waals surface area (Å²) in [4.78, 5) is 13.9. The fraction of sp³-hybridized carbons (Fsp3) is 0.500. The highest BCUT2D eigenvalue weighted by molar-refractivity contribution is 5.77. The van der Waals surface area contributed by atoms with Gasteiger partial charge in [-0.15, -0.1) is 0 Å². The third kappa shape index (κ3) is 3.29. The molecule has 18 heavy (non-hydrogen) atoms. The van der Waals surface area contributed by atoms with E-state index in [1.807, 2.05) is 4.90 Å². The van der Waals surface area contributed by atoms with Gasteiger partial charge in [0.1, 0.15) is 5.82 Å². The lowest BCUT2D eigenvalue weighted by Gasteiger charge is -2.27. The summed E-state index contributed by atoms with van der Waals surface area (Å²) >= 11 is 0. The first kappa shape index (κ1) is 13.0. The smallest absolute Gasteiger partial charge is 0.224 e. The van der Waals surface area contributed by atoms with Crippen LogP contribution in [0.15, 0.2) is 24.3 Å². The molecule has 0 spiro atoms. The highest BCUT2D eigenvalue weighted by Gasteiger charge is 2.19. The number of nitrogens with two attached hydrogens (primary N) is 1. The maximum absolute atomic E-state index is 12.8. The Bertz CT molecular complexity index is 399. The van der Waals surface area contributed by atoms with E-state index in [9.17, 15) is 9.18 Å². The van der Waals surface area contributed by atoms with Gasteiger partial charge < -0.3 is 10.6 Å². The van der Waals surface area contributed by atoms with Crippen molar-refractivity contribution in [2.75, 3.05) is 13.1 Å². The van der Waals surface area contributed by atoms with E-state index in [1.54, 1.807) is 12.1 Å². The first-order chi connectivity index (χ1) is 8.66. The van der Waals surface area contributed by atoms with E-state index < -0.39 is 0 Å². The highest BCUT2D eigenvalue weighted by Crippen LogP contribution is 2.17. The van der Waals surface area contributed by atoms with Crippen LogP contribution in [0.4, 0.5) is 4.39 Å². The fourth-order valence-electron chi connectivity index (χ4n) is 2.29. The van der Waals surface area contributed by atoms with E-state index in [-0.39, 0.29) is 17.8 Å². The molecule has 1 aliphatic rings. The minimum absolute atomic E-state index is 0.103. The van der Waals surface area contributed by atoms with Gasteiger partial charge in [-0.25, -0.2) is 4.39 Å². The van der Waals surface area contributed by atoms with Gasteiger partial charge in [0.15, 0.2) is 0 Å². The van der Waals surface area contributed by atoms with Crippen LogP contribution in [0.3, 0.4) is 0 Å². The first-order valence-electron chi connectivity index (χ1n) is 6.45. The molecule has 0 aromatic heterocycles. The van der Waals surface area contributed by atoms with Crippen LogP contribution in [0.5, 0.6) is 0 Å². The lowest BCUT2D eigenvalue weighted by atomic mass is 10.0. The molecule has 1 atom stereocenters. The van der Waals surface area contributed by atoms with Crippen LogP contribution in [0.25, 0.3) is 0 Å². The Morgan fingerprint density at radius 2 is 1.83 bits per heavy atom. The fourth-order valence-corrected chi connectivity index (χ4v) is 2.29. The minimum Gasteiger partial charge on any atom is -0.343 e. The Kier molecular flexibility index (Phi) is 4.31. The van der Waals surface area contributed by atoms with Gasteiger partial charge in [-0.2, -0.15) is 0 Å². The molecule has 0 aliphatic carbocycles. The van der Waals surface area contributed by atoms with Crippen LogP contribution in [0.1, 0.15) is 37.3 Å². The zero-order chi connectivity index (χ0) is 13.0. The molecule has 1 aromatic carbocycles. The second-order valence-corrected chi connectivity index (χ2v) is 4.80. The minimum atomic E-state index is -0.347. The molecule has 98 valence electrons. The van der Waals surface area contributed by atoms with Crippen molar-refractivity contribution in [1.82, 2.24) is 4.90 Å². The molecule has 1 aliphatic heterocycles. The van der Waals surface area contributed by atoms with E-state index in [1.165, 1.54) is 18.6 Å². The third-order valence-corrected chi connectivity index (χ3v) is 3.40. The third-order valence-electron chi connectivity index (χ3n) is 3.40. The van der Waals surface area contributed by atoms with E-state index in [4.69, 9.17) is 5.73 Å². The molecular formula is C14H19FN2O. The average molecular weight is 250 g/mol. The van der Waals surface area contributed by atoms with Crippen molar-refractivity contribution in [2.45, 2.75) is 31.7 Å². The molecule has 1 unspecified atom stereocenters. The Hall–Kier alpha value is -1.42. The number of benzene rings is 1. The molecule has 3 nitrogen and oxygen atoms in total. The van der Waals surface area contributed by atoms with Gasteiger partial charge in [0, 0.05) is 25.6 Å². The maximum atomic E-state index is 12.8. The molecule has 0 radical (unpaired) electrons. The normalized spacial score (nSPS) is 17.6. The SMILES string of the molecule is NC(CC(=O)N1CCCCC1)c1ccc(F)cc1. The second-order valence-electron chi connectivity index (χ2n) is 4.80. The summed E-state index contributed by atoms with van der Waals surface area (Å²) in [5.74, 6) is -0.181. The van der Waals surface area contributed by atoms with E-state index in [2.05, 4.69) is 0 Å². The number of likely N-dealkylation sites (tertiary alicyclic amines) is 1. The largest absolute Gasteiger partial charge is 0.343 e. The Balaban J connectivity index is 1.91. The van der Waals surface area contributed by atoms with Gasteiger partial charge in [0.25, 0.3) is 0 Å². The monoisotopic (exact) mass is 250 g/mol. The van der Waals surface area contributed by atoms with Crippen molar-refractivity contribution in [3.8, 4) is 0 Å². The second kappa shape index (κ2) is 5.96. The lowest BCUT2D eigenvalue weighted by Crippen LogP contribution is -2.37. The Morgan fingerprint density at radius 3 is 2.44 bits per heavy atom. The van der Waals surface area contributed by atoms with Gasteiger partial charge in [-0.3, -0.25) is 4.79 Å².